The van der Waals surface area contributed by atoms with Gasteiger partial charge in [-0.05, 0) is 52.5 Å². The van der Waals surface area contributed by atoms with Crippen molar-refractivity contribution in [1.82, 2.24) is 4.90 Å². The molecule has 94 valence electrons. The summed E-state index contributed by atoms with van der Waals surface area (Å²) in [5, 5.41) is 0. The summed E-state index contributed by atoms with van der Waals surface area (Å²) in [5.41, 5.74) is 6.23. The molecule has 0 unspecified atom stereocenters. The first-order valence-electron chi connectivity index (χ1n) is 6.39. The Bertz CT molecular complexity index is 253. The maximum atomic E-state index is 6.09. The van der Waals surface area contributed by atoms with E-state index in [1.807, 2.05) is 0 Å². The Hall–Kier alpha value is -0.120. The van der Waals surface area contributed by atoms with Gasteiger partial charge in [-0.1, -0.05) is 0 Å². The molecule has 1 saturated heterocycles. The van der Waals surface area contributed by atoms with Gasteiger partial charge in [0.15, 0.2) is 0 Å². The van der Waals surface area contributed by atoms with E-state index in [2.05, 4.69) is 32.6 Å². The molecular weight excluding hydrogens is 200 g/mol. The van der Waals surface area contributed by atoms with Crippen LogP contribution in [0.15, 0.2) is 0 Å². The third kappa shape index (κ3) is 2.76. The Labute approximate surface area is 99.3 Å². The Morgan fingerprint density at radius 1 is 1.06 bits per heavy atom. The molecule has 0 aromatic heterocycles. The summed E-state index contributed by atoms with van der Waals surface area (Å²) in [6.07, 6.45) is 2.61. The van der Waals surface area contributed by atoms with Gasteiger partial charge in [0.05, 0.1) is 11.2 Å². The van der Waals surface area contributed by atoms with Gasteiger partial charge in [0.1, 0.15) is 0 Å². The lowest BCUT2D eigenvalue weighted by Crippen LogP contribution is -2.58. The van der Waals surface area contributed by atoms with E-state index < -0.39 is 0 Å². The van der Waals surface area contributed by atoms with Gasteiger partial charge >= 0.3 is 0 Å². The van der Waals surface area contributed by atoms with Crippen LogP contribution in [0.25, 0.3) is 0 Å². The lowest BCUT2D eigenvalue weighted by molar-refractivity contribution is -0.182. The summed E-state index contributed by atoms with van der Waals surface area (Å²) < 4.78 is 6.09. The molecule has 16 heavy (non-hydrogen) atoms. The van der Waals surface area contributed by atoms with E-state index in [1.54, 1.807) is 0 Å². The molecular formula is C13H26N2O. The van der Waals surface area contributed by atoms with Crippen molar-refractivity contribution in [2.45, 2.75) is 51.7 Å². The monoisotopic (exact) mass is 226 g/mol. The second kappa shape index (κ2) is 3.69. The van der Waals surface area contributed by atoms with Crippen molar-refractivity contribution in [2.24, 2.45) is 11.1 Å². The smallest absolute Gasteiger partial charge is 0.0760 e. The van der Waals surface area contributed by atoms with E-state index >= 15 is 0 Å². The Morgan fingerprint density at radius 3 is 1.94 bits per heavy atom. The zero-order chi connectivity index (χ0) is 12.0. The summed E-state index contributed by atoms with van der Waals surface area (Å²) in [4.78, 5) is 2.54. The lowest BCUT2D eigenvalue weighted by atomic mass is 9.96. The van der Waals surface area contributed by atoms with Gasteiger partial charge in [0.2, 0.25) is 0 Å². The minimum atomic E-state index is -0.0353. The standard InChI is InChI=1S/C13H26N2O/c1-11(2)8-15(9-12(3,4)16-11)10-13(7-14)5-6-13/h5-10,14H2,1-4H3. The van der Waals surface area contributed by atoms with Crippen LogP contribution in [0, 0.1) is 5.41 Å². The second-order valence-electron chi connectivity index (χ2n) is 6.97. The molecule has 3 heteroatoms. The van der Waals surface area contributed by atoms with Crippen LogP contribution in [-0.2, 0) is 4.74 Å². The average molecular weight is 226 g/mol. The molecule has 1 heterocycles. The van der Waals surface area contributed by atoms with Crippen molar-refractivity contribution in [1.29, 1.82) is 0 Å². The first-order chi connectivity index (χ1) is 7.26. The fourth-order valence-electron chi connectivity index (χ4n) is 3.14. The van der Waals surface area contributed by atoms with Crippen molar-refractivity contribution in [2.75, 3.05) is 26.2 Å². The van der Waals surface area contributed by atoms with Gasteiger partial charge in [-0.2, -0.15) is 0 Å². The van der Waals surface area contributed by atoms with Gasteiger partial charge in [0.25, 0.3) is 0 Å². The maximum Gasteiger partial charge on any atom is 0.0760 e. The molecule has 0 aromatic rings. The van der Waals surface area contributed by atoms with E-state index in [9.17, 15) is 0 Å². The van der Waals surface area contributed by atoms with E-state index in [1.165, 1.54) is 12.8 Å². The lowest BCUT2D eigenvalue weighted by Gasteiger charge is -2.48. The van der Waals surface area contributed by atoms with Crippen LogP contribution in [0.5, 0.6) is 0 Å². The molecule has 1 aliphatic heterocycles. The molecule has 0 spiro atoms. The maximum absolute atomic E-state index is 6.09. The number of hydrogen-bond donors (Lipinski definition) is 1. The molecule has 2 rings (SSSR count). The van der Waals surface area contributed by atoms with Crippen molar-refractivity contribution in [3.8, 4) is 0 Å². The zero-order valence-corrected chi connectivity index (χ0v) is 11.2. The predicted molar refractivity (Wildman–Crippen MR) is 66.4 cm³/mol. The van der Waals surface area contributed by atoms with Gasteiger partial charge in [0, 0.05) is 19.6 Å². The highest BCUT2D eigenvalue weighted by Gasteiger charge is 2.46. The molecule has 2 N–H and O–H groups in total. The molecule has 0 atom stereocenters. The molecule has 1 saturated carbocycles. The average Bonchev–Trinajstić information content (AvgIpc) is 2.79. The first kappa shape index (κ1) is 12.3. The quantitative estimate of drug-likeness (QED) is 0.794. The van der Waals surface area contributed by atoms with E-state index in [0.29, 0.717) is 5.41 Å². The van der Waals surface area contributed by atoms with Crippen molar-refractivity contribution in [3.05, 3.63) is 0 Å². The van der Waals surface area contributed by atoms with E-state index in [-0.39, 0.29) is 11.2 Å². The molecule has 0 aromatic carbocycles. The van der Waals surface area contributed by atoms with Crippen LogP contribution in [-0.4, -0.2) is 42.3 Å². The Morgan fingerprint density at radius 2 is 1.56 bits per heavy atom. The number of ether oxygens (including phenoxy) is 1. The molecule has 0 radical (unpaired) electrons. The van der Waals surface area contributed by atoms with Crippen LogP contribution in [0.4, 0.5) is 0 Å². The fourth-order valence-corrected chi connectivity index (χ4v) is 3.14. The second-order valence-corrected chi connectivity index (χ2v) is 6.97. The number of hydrogen-bond acceptors (Lipinski definition) is 3. The van der Waals surface area contributed by atoms with E-state index in [0.717, 1.165) is 26.2 Å². The van der Waals surface area contributed by atoms with E-state index in [4.69, 9.17) is 10.5 Å². The molecule has 1 aliphatic carbocycles. The molecule has 0 bridgehead atoms. The van der Waals surface area contributed by atoms with Gasteiger partial charge in [-0.3, -0.25) is 4.90 Å². The van der Waals surface area contributed by atoms with Crippen LogP contribution in [0.3, 0.4) is 0 Å². The number of nitrogens with two attached hydrogens (primary N) is 1. The molecule has 3 nitrogen and oxygen atoms in total. The highest BCUT2D eigenvalue weighted by molar-refractivity contribution is 4.99. The van der Waals surface area contributed by atoms with Gasteiger partial charge in [-0.15, -0.1) is 0 Å². The van der Waals surface area contributed by atoms with Crippen LogP contribution < -0.4 is 5.73 Å². The van der Waals surface area contributed by atoms with Crippen molar-refractivity contribution < 1.29 is 4.74 Å². The van der Waals surface area contributed by atoms with Gasteiger partial charge in [-0.25, -0.2) is 0 Å². The summed E-state index contributed by atoms with van der Waals surface area (Å²) in [6.45, 7) is 12.8. The van der Waals surface area contributed by atoms with Crippen LogP contribution in [0.2, 0.25) is 0 Å². The summed E-state index contributed by atoms with van der Waals surface area (Å²) in [7, 11) is 0. The largest absolute Gasteiger partial charge is 0.367 e. The normalized spacial score (nSPS) is 31.3. The number of nitrogens with zero attached hydrogens (tertiary/aromatic N) is 1. The van der Waals surface area contributed by atoms with Crippen LogP contribution in [0.1, 0.15) is 40.5 Å². The van der Waals surface area contributed by atoms with Crippen LogP contribution >= 0.6 is 0 Å². The van der Waals surface area contributed by atoms with Crippen molar-refractivity contribution in [3.63, 3.8) is 0 Å². The predicted octanol–water partition coefficient (Wildman–Crippen LogP) is 1.61. The Kier molecular flexibility index (Phi) is 2.84. The minimum Gasteiger partial charge on any atom is -0.367 e. The third-order valence-electron chi connectivity index (χ3n) is 3.71. The highest BCUT2D eigenvalue weighted by atomic mass is 16.5. The third-order valence-corrected chi connectivity index (χ3v) is 3.71. The molecule has 2 aliphatic rings. The summed E-state index contributed by atoms with van der Waals surface area (Å²) >= 11 is 0. The number of morpholine rings is 1. The minimum absolute atomic E-state index is 0.0353. The topological polar surface area (TPSA) is 38.5 Å². The SMILES string of the molecule is CC1(C)CN(CC2(CN)CC2)CC(C)(C)O1. The fraction of sp³-hybridized carbons (Fsp3) is 1.00. The first-order valence-corrected chi connectivity index (χ1v) is 6.39. The Balaban J connectivity index is 1.99. The number of rotatable bonds is 3. The summed E-state index contributed by atoms with van der Waals surface area (Å²) in [6, 6.07) is 0. The zero-order valence-electron chi connectivity index (χ0n) is 11.2. The summed E-state index contributed by atoms with van der Waals surface area (Å²) in [5.74, 6) is 0. The molecule has 2 fully saturated rings. The van der Waals surface area contributed by atoms with Crippen molar-refractivity contribution >= 4 is 0 Å². The highest BCUT2D eigenvalue weighted by Crippen LogP contribution is 2.46. The van der Waals surface area contributed by atoms with Gasteiger partial charge < -0.3 is 10.5 Å². The molecule has 0 amide bonds.